The number of methoxy groups -OCH3 is 2. The van der Waals surface area contributed by atoms with Gasteiger partial charge in [0, 0.05) is 48.5 Å². The van der Waals surface area contributed by atoms with Crippen LogP contribution in [0.25, 0.3) is 16.9 Å². The molecule has 0 fully saturated rings. The molecule has 3 aromatic heterocycles. The number of aromatic nitrogens is 5. The molecule has 198 valence electrons. The topological polar surface area (TPSA) is 128 Å². The third-order valence-corrected chi connectivity index (χ3v) is 5.25. The molecule has 1 aromatic carbocycles. The highest BCUT2D eigenvalue weighted by Gasteiger charge is 2.34. The highest BCUT2D eigenvalue weighted by molar-refractivity contribution is 5.97. The van der Waals surface area contributed by atoms with E-state index >= 15 is 0 Å². The van der Waals surface area contributed by atoms with Gasteiger partial charge in [-0.1, -0.05) is 0 Å². The molecule has 0 radical (unpaired) electrons. The fourth-order valence-electron chi connectivity index (χ4n) is 3.58. The zero-order valence-corrected chi connectivity index (χ0v) is 20.7. The number of anilines is 2. The lowest BCUT2D eigenvalue weighted by Gasteiger charge is -2.14. The smallest absolute Gasteiger partial charge is 0.435 e. The average Bonchev–Trinajstić information content (AvgIpc) is 3.39. The summed E-state index contributed by atoms with van der Waals surface area (Å²) in [6.45, 7) is 1.88. The maximum Gasteiger partial charge on any atom is 0.435 e. The van der Waals surface area contributed by atoms with Crippen LogP contribution >= 0.6 is 0 Å². The number of carbonyl (C=O) groups is 1. The molecule has 38 heavy (non-hydrogen) atoms. The van der Waals surface area contributed by atoms with E-state index in [4.69, 9.17) is 9.47 Å². The minimum absolute atomic E-state index is 0.0181. The highest BCUT2D eigenvalue weighted by atomic mass is 19.4. The second-order valence-electron chi connectivity index (χ2n) is 7.92. The van der Waals surface area contributed by atoms with Crippen molar-refractivity contribution in [1.29, 1.82) is 0 Å². The van der Waals surface area contributed by atoms with Gasteiger partial charge in [0.1, 0.15) is 11.3 Å². The number of halogens is 3. The van der Waals surface area contributed by atoms with Gasteiger partial charge in [0.15, 0.2) is 11.5 Å². The van der Waals surface area contributed by atoms with E-state index in [9.17, 15) is 18.0 Å². The molecule has 4 rings (SSSR count). The molecule has 3 heterocycles. The van der Waals surface area contributed by atoms with Crippen LogP contribution in [-0.4, -0.2) is 51.9 Å². The van der Waals surface area contributed by atoms with Crippen LogP contribution in [0.1, 0.15) is 21.6 Å². The van der Waals surface area contributed by atoms with Crippen LogP contribution in [0.5, 0.6) is 11.6 Å². The number of alkyl halides is 3. The summed E-state index contributed by atoms with van der Waals surface area (Å²) in [5.41, 5.74) is 6.06. The van der Waals surface area contributed by atoms with Crippen molar-refractivity contribution in [3.8, 4) is 28.6 Å². The van der Waals surface area contributed by atoms with Crippen molar-refractivity contribution in [3.05, 3.63) is 65.7 Å². The molecule has 0 spiro atoms. The van der Waals surface area contributed by atoms with Crippen molar-refractivity contribution >= 4 is 17.5 Å². The maximum atomic E-state index is 13.3. The lowest BCUT2D eigenvalue weighted by atomic mass is 10.1. The van der Waals surface area contributed by atoms with Crippen LogP contribution < -0.4 is 25.6 Å². The van der Waals surface area contributed by atoms with Gasteiger partial charge >= 0.3 is 6.18 Å². The summed E-state index contributed by atoms with van der Waals surface area (Å²) in [5.74, 6) is 0.225. The van der Waals surface area contributed by atoms with Gasteiger partial charge in [-0.3, -0.25) is 10.2 Å². The van der Waals surface area contributed by atoms with E-state index < -0.39 is 17.8 Å². The molecular formula is C24H23F3N8O3. The first kappa shape index (κ1) is 26.3. The summed E-state index contributed by atoms with van der Waals surface area (Å²) >= 11 is 0. The van der Waals surface area contributed by atoms with Crippen molar-refractivity contribution in [3.63, 3.8) is 0 Å². The molecule has 0 bridgehead atoms. The van der Waals surface area contributed by atoms with E-state index in [2.05, 4.69) is 36.2 Å². The Kier molecular flexibility index (Phi) is 7.43. The molecule has 0 atom stereocenters. The Morgan fingerprint density at radius 3 is 2.50 bits per heavy atom. The number of ether oxygens (including phenoxy) is 2. The lowest BCUT2D eigenvalue weighted by Crippen LogP contribution is -2.34. The zero-order chi connectivity index (χ0) is 27.4. The number of amides is 1. The minimum Gasteiger partial charge on any atom is -0.497 e. The number of hydrazine groups is 1. The summed E-state index contributed by atoms with van der Waals surface area (Å²) < 4.78 is 51.4. The predicted molar refractivity (Wildman–Crippen MR) is 131 cm³/mol. The monoisotopic (exact) mass is 528 g/mol. The third-order valence-electron chi connectivity index (χ3n) is 5.25. The van der Waals surface area contributed by atoms with Gasteiger partial charge in [-0.05, 0) is 36.8 Å². The Morgan fingerprint density at radius 1 is 1.05 bits per heavy atom. The fourth-order valence-corrected chi connectivity index (χ4v) is 3.58. The van der Waals surface area contributed by atoms with Gasteiger partial charge in [0.25, 0.3) is 5.91 Å². The largest absolute Gasteiger partial charge is 0.497 e. The van der Waals surface area contributed by atoms with E-state index in [0.717, 1.165) is 22.5 Å². The number of pyridine rings is 1. The van der Waals surface area contributed by atoms with E-state index in [1.54, 1.807) is 6.07 Å². The number of hydrogen-bond acceptors (Lipinski definition) is 9. The first-order valence-electron chi connectivity index (χ1n) is 11.1. The first-order valence-corrected chi connectivity index (χ1v) is 11.1. The van der Waals surface area contributed by atoms with Crippen LogP contribution in [0.15, 0.2) is 48.9 Å². The molecule has 0 aliphatic heterocycles. The minimum atomic E-state index is -4.66. The Balaban J connectivity index is 1.84. The molecule has 11 nitrogen and oxygen atoms in total. The summed E-state index contributed by atoms with van der Waals surface area (Å²) in [4.78, 5) is 25.5. The third kappa shape index (κ3) is 5.64. The molecule has 0 unspecified atom stereocenters. The number of aryl methyl sites for hydroxylation is 1. The number of rotatable bonds is 8. The molecule has 4 aromatic rings. The average molecular weight is 528 g/mol. The number of benzene rings is 1. The van der Waals surface area contributed by atoms with Gasteiger partial charge in [-0.2, -0.15) is 23.3 Å². The molecule has 0 saturated heterocycles. The number of nitrogens with one attached hydrogen (secondary N) is 3. The predicted octanol–water partition coefficient (Wildman–Crippen LogP) is 3.68. The van der Waals surface area contributed by atoms with Crippen molar-refractivity contribution < 1.29 is 27.4 Å². The summed E-state index contributed by atoms with van der Waals surface area (Å²) in [5, 5.41) is 6.70. The van der Waals surface area contributed by atoms with E-state index in [1.807, 2.05) is 19.1 Å². The van der Waals surface area contributed by atoms with Gasteiger partial charge in [-0.25, -0.2) is 20.1 Å². The highest BCUT2D eigenvalue weighted by Crippen LogP contribution is 2.32. The number of carbonyl (C=O) groups excluding carboxylic acids is 1. The molecule has 1 amide bonds. The molecular weight excluding hydrogens is 505 g/mol. The van der Waals surface area contributed by atoms with Crippen LogP contribution in [0.4, 0.5) is 24.8 Å². The first-order chi connectivity index (χ1) is 18.1. The quantitative estimate of drug-likeness (QED) is 0.294. The van der Waals surface area contributed by atoms with Crippen LogP contribution in [-0.2, 0) is 6.18 Å². The van der Waals surface area contributed by atoms with Crippen LogP contribution in [0, 0.1) is 6.92 Å². The Hall–Kier alpha value is -4.72. The second-order valence-corrected chi connectivity index (χ2v) is 7.92. The molecule has 0 aliphatic rings. The van der Waals surface area contributed by atoms with Crippen LogP contribution in [0.3, 0.4) is 0 Å². The van der Waals surface area contributed by atoms with E-state index in [-0.39, 0.29) is 28.8 Å². The van der Waals surface area contributed by atoms with Crippen LogP contribution in [0.2, 0.25) is 0 Å². The molecule has 14 heteroatoms. The molecule has 0 aliphatic carbocycles. The van der Waals surface area contributed by atoms with Crippen molar-refractivity contribution in [2.75, 3.05) is 26.6 Å². The van der Waals surface area contributed by atoms with E-state index in [0.29, 0.717) is 17.0 Å². The summed E-state index contributed by atoms with van der Waals surface area (Å²) in [7, 11) is 4.40. The van der Waals surface area contributed by atoms with Crippen molar-refractivity contribution in [2.24, 2.45) is 0 Å². The maximum absolute atomic E-state index is 13.3. The van der Waals surface area contributed by atoms with Crippen molar-refractivity contribution in [1.82, 2.24) is 35.6 Å². The number of nitrogens with zero attached hydrogens (tertiary/aromatic N) is 5. The molecule has 0 saturated carbocycles. The Labute approximate surface area is 215 Å². The second kappa shape index (κ2) is 10.7. The Morgan fingerprint density at radius 2 is 1.84 bits per heavy atom. The van der Waals surface area contributed by atoms with Gasteiger partial charge in [0.05, 0.1) is 14.2 Å². The molecule has 3 N–H and O–H groups in total. The zero-order valence-electron chi connectivity index (χ0n) is 20.7. The SMILES string of the molecule is CNNC(=O)c1cc(-c2cnc(Nc3cc(C)cc(OC)c3)nc2-n2ccc(C(F)(F)F)n2)cnc1OC. The van der Waals surface area contributed by atoms with Gasteiger partial charge in [-0.15, -0.1) is 0 Å². The number of hydrogen-bond donors (Lipinski definition) is 3. The standard InChI is InChI=1S/C24H23F3N8O3/c1-13-7-15(10-16(8-13)37-3)31-23-30-12-18(20(32-23)35-6-5-19(34-35)24(25,26)27)14-9-17(21(36)33-28-2)22(38-4)29-11-14/h5-12,28H,1-4H3,(H,33,36)(H,30,31,32). The van der Waals surface area contributed by atoms with Gasteiger partial charge < -0.3 is 14.8 Å². The van der Waals surface area contributed by atoms with Crippen molar-refractivity contribution in [2.45, 2.75) is 13.1 Å². The normalized spacial score (nSPS) is 11.2. The summed E-state index contributed by atoms with van der Waals surface area (Å²) in [6.07, 6.45) is -0.725. The van der Waals surface area contributed by atoms with E-state index in [1.165, 1.54) is 39.7 Å². The Bertz CT molecular complexity index is 1470. The lowest BCUT2D eigenvalue weighted by molar-refractivity contribution is -0.141. The fraction of sp³-hybridized carbons (Fsp3) is 0.208. The van der Waals surface area contributed by atoms with Gasteiger partial charge in [0.2, 0.25) is 11.8 Å². The summed E-state index contributed by atoms with van der Waals surface area (Å²) in [6, 6.07) is 7.69.